The van der Waals surface area contributed by atoms with Crippen LogP contribution in [0.4, 0.5) is 0 Å². The molecule has 2 N–H and O–H groups in total. The van der Waals surface area contributed by atoms with Crippen LogP contribution in [0.3, 0.4) is 0 Å². The van der Waals surface area contributed by atoms with Gasteiger partial charge in [0.25, 0.3) is 0 Å². The van der Waals surface area contributed by atoms with Crippen LogP contribution in [-0.4, -0.2) is 49.1 Å². The lowest BCUT2D eigenvalue weighted by Gasteiger charge is -2.25. The lowest BCUT2D eigenvalue weighted by molar-refractivity contribution is 0.237. The van der Waals surface area contributed by atoms with Crippen molar-refractivity contribution in [3.8, 4) is 0 Å². The molecule has 0 bridgehead atoms. The number of rotatable bonds is 7. The van der Waals surface area contributed by atoms with Gasteiger partial charge < -0.3 is 10.6 Å². The average molecular weight is 268 g/mol. The van der Waals surface area contributed by atoms with Crippen LogP contribution in [0.5, 0.6) is 0 Å². The monoisotopic (exact) mass is 268 g/mol. The summed E-state index contributed by atoms with van der Waals surface area (Å²) in [5, 5.41) is 6.93. The topological polar surface area (TPSA) is 39.7 Å². The standard InChI is InChI=1S/C15H32N4/c1-5-16-15(18-14-10-8-9-11-14)17-12-13(4)19(6-2)7-3/h13-14H,5-12H2,1-4H3,(H2,16,17,18). The molecular formula is C15H32N4. The van der Waals surface area contributed by atoms with Crippen molar-refractivity contribution in [3.05, 3.63) is 0 Å². The zero-order valence-electron chi connectivity index (χ0n) is 13.2. The van der Waals surface area contributed by atoms with Crippen LogP contribution in [0.25, 0.3) is 0 Å². The van der Waals surface area contributed by atoms with Crippen LogP contribution in [-0.2, 0) is 0 Å². The number of aliphatic imine (C=N–C) groups is 1. The normalized spacial score (nSPS) is 18.9. The largest absolute Gasteiger partial charge is 0.357 e. The summed E-state index contributed by atoms with van der Waals surface area (Å²) in [4.78, 5) is 7.19. The molecule has 4 heteroatoms. The molecule has 1 fully saturated rings. The molecule has 1 saturated carbocycles. The van der Waals surface area contributed by atoms with E-state index in [0.29, 0.717) is 12.1 Å². The van der Waals surface area contributed by atoms with E-state index in [1.54, 1.807) is 0 Å². The van der Waals surface area contributed by atoms with Crippen LogP contribution in [0, 0.1) is 0 Å². The van der Waals surface area contributed by atoms with Gasteiger partial charge in [0.2, 0.25) is 0 Å². The zero-order chi connectivity index (χ0) is 14.1. The van der Waals surface area contributed by atoms with E-state index in [-0.39, 0.29) is 0 Å². The molecule has 0 spiro atoms. The Morgan fingerprint density at radius 2 is 1.84 bits per heavy atom. The molecule has 19 heavy (non-hydrogen) atoms. The quantitative estimate of drug-likeness (QED) is 0.549. The first kappa shape index (κ1) is 16.3. The van der Waals surface area contributed by atoms with Crippen molar-refractivity contribution < 1.29 is 0 Å². The van der Waals surface area contributed by atoms with Gasteiger partial charge >= 0.3 is 0 Å². The maximum absolute atomic E-state index is 4.75. The molecule has 0 aromatic rings. The van der Waals surface area contributed by atoms with Crippen molar-refractivity contribution in [3.63, 3.8) is 0 Å². The summed E-state index contributed by atoms with van der Waals surface area (Å²) < 4.78 is 0. The predicted octanol–water partition coefficient (Wildman–Crippen LogP) is 2.21. The molecule has 0 radical (unpaired) electrons. The minimum Gasteiger partial charge on any atom is -0.357 e. The second-order valence-electron chi connectivity index (χ2n) is 5.42. The molecule has 1 aliphatic rings. The van der Waals surface area contributed by atoms with Crippen LogP contribution < -0.4 is 10.6 Å². The van der Waals surface area contributed by atoms with Crippen LogP contribution in [0.15, 0.2) is 4.99 Å². The van der Waals surface area contributed by atoms with Gasteiger partial charge in [0.15, 0.2) is 5.96 Å². The highest BCUT2D eigenvalue weighted by molar-refractivity contribution is 5.80. The van der Waals surface area contributed by atoms with E-state index < -0.39 is 0 Å². The van der Waals surface area contributed by atoms with E-state index in [1.165, 1.54) is 25.7 Å². The van der Waals surface area contributed by atoms with Gasteiger partial charge in [-0.05, 0) is 39.8 Å². The van der Waals surface area contributed by atoms with E-state index in [2.05, 4.69) is 43.2 Å². The van der Waals surface area contributed by atoms with Crippen LogP contribution >= 0.6 is 0 Å². The fourth-order valence-electron chi connectivity index (χ4n) is 2.77. The molecule has 0 aromatic carbocycles. The molecule has 0 aromatic heterocycles. The van der Waals surface area contributed by atoms with Gasteiger partial charge in [0.05, 0.1) is 6.54 Å². The molecule has 1 atom stereocenters. The number of hydrogen-bond acceptors (Lipinski definition) is 2. The highest BCUT2D eigenvalue weighted by Gasteiger charge is 2.16. The second-order valence-corrected chi connectivity index (χ2v) is 5.42. The summed E-state index contributed by atoms with van der Waals surface area (Å²) in [6.07, 6.45) is 5.28. The Morgan fingerprint density at radius 3 is 2.37 bits per heavy atom. The fraction of sp³-hybridized carbons (Fsp3) is 0.933. The zero-order valence-corrected chi connectivity index (χ0v) is 13.2. The van der Waals surface area contributed by atoms with Gasteiger partial charge in [-0.3, -0.25) is 9.89 Å². The van der Waals surface area contributed by atoms with Crippen molar-refractivity contribution in [1.82, 2.24) is 15.5 Å². The maximum Gasteiger partial charge on any atom is 0.191 e. The molecule has 1 unspecified atom stereocenters. The lowest BCUT2D eigenvalue weighted by Crippen LogP contribution is -2.43. The van der Waals surface area contributed by atoms with E-state index in [4.69, 9.17) is 4.99 Å². The third-order valence-corrected chi connectivity index (χ3v) is 3.99. The van der Waals surface area contributed by atoms with Gasteiger partial charge in [-0.2, -0.15) is 0 Å². The predicted molar refractivity (Wildman–Crippen MR) is 83.8 cm³/mol. The SMILES string of the molecule is CCNC(=NCC(C)N(CC)CC)NC1CCCC1. The molecule has 4 nitrogen and oxygen atoms in total. The second kappa shape index (κ2) is 9.18. The summed E-state index contributed by atoms with van der Waals surface area (Å²) in [5.74, 6) is 0.994. The molecule has 1 aliphatic carbocycles. The summed E-state index contributed by atoms with van der Waals surface area (Å²) in [5.41, 5.74) is 0. The number of likely N-dealkylation sites (N-methyl/N-ethyl adjacent to an activating group) is 1. The Kier molecular flexibility index (Phi) is 7.87. The van der Waals surface area contributed by atoms with Crippen LogP contribution in [0.1, 0.15) is 53.4 Å². The van der Waals surface area contributed by atoms with E-state index in [0.717, 1.165) is 32.1 Å². The number of nitrogens with zero attached hydrogens (tertiary/aromatic N) is 2. The van der Waals surface area contributed by atoms with Gasteiger partial charge in [0.1, 0.15) is 0 Å². The highest BCUT2D eigenvalue weighted by Crippen LogP contribution is 2.17. The van der Waals surface area contributed by atoms with Gasteiger partial charge in [0, 0.05) is 18.6 Å². The van der Waals surface area contributed by atoms with Crippen molar-refractivity contribution in [2.45, 2.75) is 65.5 Å². The first-order valence-electron chi connectivity index (χ1n) is 8.00. The third kappa shape index (κ3) is 5.81. The average Bonchev–Trinajstić information content (AvgIpc) is 2.90. The maximum atomic E-state index is 4.75. The summed E-state index contributed by atoms with van der Waals surface area (Å²) in [6, 6.07) is 1.13. The Labute approximate surface area is 119 Å². The minimum atomic E-state index is 0.508. The van der Waals surface area contributed by atoms with Crippen molar-refractivity contribution in [2.75, 3.05) is 26.2 Å². The lowest BCUT2D eigenvalue weighted by atomic mass is 10.2. The van der Waals surface area contributed by atoms with Gasteiger partial charge in [-0.15, -0.1) is 0 Å². The van der Waals surface area contributed by atoms with Gasteiger partial charge in [-0.1, -0.05) is 26.7 Å². The molecule has 112 valence electrons. The number of nitrogens with one attached hydrogen (secondary N) is 2. The first-order valence-corrected chi connectivity index (χ1v) is 8.00. The fourth-order valence-corrected chi connectivity index (χ4v) is 2.77. The molecule has 0 saturated heterocycles. The Balaban J connectivity index is 2.46. The Bertz CT molecular complexity index is 255. The van der Waals surface area contributed by atoms with Gasteiger partial charge in [-0.25, -0.2) is 0 Å². The summed E-state index contributed by atoms with van der Waals surface area (Å²) in [7, 11) is 0. The summed E-state index contributed by atoms with van der Waals surface area (Å²) >= 11 is 0. The van der Waals surface area contributed by atoms with E-state index in [1.807, 2.05) is 0 Å². The third-order valence-electron chi connectivity index (χ3n) is 3.99. The molecule has 0 heterocycles. The Hall–Kier alpha value is -0.770. The molecule has 1 rings (SSSR count). The number of hydrogen-bond donors (Lipinski definition) is 2. The highest BCUT2D eigenvalue weighted by atomic mass is 15.2. The molecule has 0 amide bonds. The van der Waals surface area contributed by atoms with E-state index in [9.17, 15) is 0 Å². The Morgan fingerprint density at radius 1 is 1.21 bits per heavy atom. The molecular weight excluding hydrogens is 236 g/mol. The van der Waals surface area contributed by atoms with Crippen molar-refractivity contribution in [2.24, 2.45) is 4.99 Å². The first-order chi connectivity index (χ1) is 9.21. The minimum absolute atomic E-state index is 0.508. The van der Waals surface area contributed by atoms with Crippen LogP contribution in [0.2, 0.25) is 0 Å². The molecule has 0 aliphatic heterocycles. The summed E-state index contributed by atoms with van der Waals surface area (Å²) in [6.45, 7) is 12.8. The number of guanidine groups is 1. The van der Waals surface area contributed by atoms with Crippen molar-refractivity contribution in [1.29, 1.82) is 0 Å². The van der Waals surface area contributed by atoms with Crippen molar-refractivity contribution >= 4 is 5.96 Å². The van der Waals surface area contributed by atoms with E-state index >= 15 is 0 Å². The smallest absolute Gasteiger partial charge is 0.191 e.